The van der Waals surface area contributed by atoms with Crippen molar-refractivity contribution in [2.45, 2.75) is 44.6 Å². The van der Waals surface area contributed by atoms with Crippen LogP contribution in [-0.4, -0.2) is 54.7 Å². The van der Waals surface area contributed by atoms with Gasteiger partial charge in [0.2, 0.25) is 11.7 Å². The molecule has 2 aromatic carbocycles. The molecule has 3 aromatic heterocycles. The number of carbonyl (C=O) groups is 4. The number of hydrogen-bond donors (Lipinski definition) is 6. The molecule has 0 saturated carbocycles. The molecule has 0 unspecified atom stereocenters. The van der Waals surface area contributed by atoms with Gasteiger partial charge in [-0.3, -0.25) is 24.2 Å². The average Bonchev–Trinajstić information content (AvgIpc) is 3.73. The van der Waals surface area contributed by atoms with Crippen LogP contribution in [0.1, 0.15) is 62.1 Å². The average molecular weight is 745 g/mol. The van der Waals surface area contributed by atoms with Gasteiger partial charge in [0.05, 0.1) is 22.6 Å². The number of fused-ring (bicyclic) bond motifs is 2. The first-order valence-electron chi connectivity index (χ1n) is 15.9. The summed E-state index contributed by atoms with van der Waals surface area (Å²) in [6.07, 6.45) is 7.95. The lowest BCUT2D eigenvalue weighted by Gasteiger charge is -2.23. The molecule has 268 valence electrons. The maximum absolute atomic E-state index is 13.2. The van der Waals surface area contributed by atoms with Gasteiger partial charge in [0.15, 0.2) is 5.82 Å². The summed E-state index contributed by atoms with van der Waals surface area (Å²) in [6, 6.07) is 16.2. The van der Waals surface area contributed by atoms with Crippen molar-refractivity contribution in [2.75, 3.05) is 11.9 Å². The molecule has 52 heavy (non-hydrogen) atoms. The highest BCUT2D eigenvalue weighted by Crippen LogP contribution is 2.25. The van der Waals surface area contributed by atoms with Gasteiger partial charge in [-0.15, -0.1) is 12.3 Å². The van der Waals surface area contributed by atoms with Crippen LogP contribution >= 0.6 is 23.1 Å². The Bertz CT molecular complexity index is 2110. The molecule has 0 atom stereocenters. The SMILES string of the molecule is C#CCCC(N)(N)CCNC(=O)c1ccc(CNC(=O)c2nc(NC(=O)c3nsc4ccccc34)c3n2CC(=O)NC3)cn1.Fc1ccc(Cl)cc1. The standard InChI is InChI=1S/C29H30N10O4S.C6H4ClF/c1-2-3-10-29(30,31)11-12-32-26(41)19-9-8-17(13-33-19)14-35-28(43)25-36-24(20-15-34-22(40)16-39(20)25)37-27(42)23-18-6-4-5-7-21(18)44-38-23;7-5-1-3-6(8)4-2-5/h1,4-9,13H,3,10-12,14-16,30-31H2,(H,32,41)(H,34,40)(H,35,43)(H,37,42);1-4H. The van der Waals surface area contributed by atoms with E-state index < -0.39 is 23.4 Å². The van der Waals surface area contributed by atoms with Crippen LogP contribution in [0.15, 0.2) is 66.9 Å². The fourth-order valence-electron chi connectivity index (χ4n) is 4.99. The third-order valence-corrected chi connectivity index (χ3v) is 8.86. The minimum atomic E-state index is -0.977. The summed E-state index contributed by atoms with van der Waals surface area (Å²) in [7, 11) is 0. The summed E-state index contributed by atoms with van der Waals surface area (Å²) in [6.45, 7) is 0.283. The number of amides is 4. The van der Waals surface area contributed by atoms with E-state index in [9.17, 15) is 23.6 Å². The Labute approximate surface area is 306 Å². The predicted octanol–water partition coefficient (Wildman–Crippen LogP) is 3.33. The molecule has 1 aliphatic rings. The molecule has 6 rings (SSSR count). The number of nitrogens with zero attached hydrogens (tertiary/aromatic N) is 4. The van der Waals surface area contributed by atoms with Crippen molar-refractivity contribution in [2.24, 2.45) is 11.5 Å². The molecule has 1 aliphatic heterocycles. The molecule has 4 amide bonds. The van der Waals surface area contributed by atoms with Crippen LogP contribution < -0.4 is 32.7 Å². The summed E-state index contributed by atoms with van der Waals surface area (Å²) >= 11 is 6.65. The number of terminal acetylenes is 1. The Balaban J connectivity index is 0.000000577. The minimum absolute atomic E-state index is 0.0321. The number of rotatable bonds is 11. The zero-order chi connectivity index (χ0) is 37.3. The first-order chi connectivity index (χ1) is 24.9. The highest BCUT2D eigenvalue weighted by Gasteiger charge is 2.28. The van der Waals surface area contributed by atoms with E-state index in [1.165, 1.54) is 52.6 Å². The molecule has 0 aliphatic carbocycles. The number of nitrogens with one attached hydrogen (secondary N) is 4. The van der Waals surface area contributed by atoms with Crippen LogP contribution in [0.3, 0.4) is 0 Å². The summed E-state index contributed by atoms with van der Waals surface area (Å²) in [5, 5.41) is 12.2. The largest absolute Gasteiger partial charge is 0.351 e. The number of halogens is 2. The zero-order valence-electron chi connectivity index (χ0n) is 27.6. The fraction of sp³-hybridized carbons (Fsp3) is 0.229. The second-order valence-electron chi connectivity index (χ2n) is 11.7. The summed E-state index contributed by atoms with van der Waals surface area (Å²) in [5.41, 5.74) is 12.5. The van der Waals surface area contributed by atoms with E-state index in [4.69, 9.17) is 29.5 Å². The lowest BCUT2D eigenvalue weighted by atomic mass is 10.0. The third-order valence-electron chi connectivity index (χ3n) is 7.78. The maximum Gasteiger partial charge on any atom is 0.287 e. The van der Waals surface area contributed by atoms with Gasteiger partial charge in [0.25, 0.3) is 17.7 Å². The molecule has 0 fully saturated rings. The van der Waals surface area contributed by atoms with Crippen molar-refractivity contribution in [1.29, 1.82) is 0 Å². The van der Waals surface area contributed by atoms with Gasteiger partial charge >= 0.3 is 0 Å². The van der Waals surface area contributed by atoms with Crippen LogP contribution in [0.4, 0.5) is 10.2 Å². The van der Waals surface area contributed by atoms with Crippen LogP contribution in [0, 0.1) is 18.2 Å². The molecule has 4 heterocycles. The van der Waals surface area contributed by atoms with Crippen LogP contribution in [0.25, 0.3) is 10.1 Å². The lowest BCUT2D eigenvalue weighted by Crippen LogP contribution is -2.51. The Hall–Kier alpha value is -5.73. The van der Waals surface area contributed by atoms with Gasteiger partial charge < -0.3 is 37.3 Å². The number of pyridine rings is 1. The van der Waals surface area contributed by atoms with E-state index in [1.54, 1.807) is 12.1 Å². The van der Waals surface area contributed by atoms with Gasteiger partial charge in [0, 0.05) is 36.1 Å². The molecule has 14 nitrogen and oxygen atoms in total. The summed E-state index contributed by atoms with van der Waals surface area (Å²) in [5.74, 6) is 0.649. The normalized spacial score (nSPS) is 12.1. The molecule has 0 bridgehead atoms. The quantitative estimate of drug-likeness (QED) is 0.0864. The fourth-order valence-corrected chi connectivity index (χ4v) is 5.89. The van der Waals surface area contributed by atoms with Crippen molar-refractivity contribution in [3.8, 4) is 12.3 Å². The number of imidazole rings is 1. The smallest absolute Gasteiger partial charge is 0.287 e. The summed E-state index contributed by atoms with van der Waals surface area (Å²) in [4.78, 5) is 59.4. The Kier molecular flexibility index (Phi) is 12.3. The van der Waals surface area contributed by atoms with Gasteiger partial charge in [-0.25, -0.2) is 9.37 Å². The van der Waals surface area contributed by atoms with E-state index >= 15 is 0 Å². The Morgan fingerprint density at radius 1 is 1.04 bits per heavy atom. The molecular formula is C35H34ClFN10O4S. The van der Waals surface area contributed by atoms with Crippen molar-refractivity contribution in [1.82, 2.24) is 34.9 Å². The monoisotopic (exact) mass is 744 g/mol. The molecule has 17 heteroatoms. The second kappa shape index (κ2) is 17.0. The van der Waals surface area contributed by atoms with Crippen molar-refractivity contribution >= 4 is 62.7 Å². The first kappa shape index (κ1) is 37.5. The maximum atomic E-state index is 13.2. The number of carbonyl (C=O) groups excluding carboxylic acids is 4. The van der Waals surface area contributed by atoms with Crippen molar-refractivity contribution in [3.05, 3.63) is 106 Å². The highest BCUT2D eigenvalue weighted by atomic mass is 35.5. The topological polar surface area (TPSA) is 212 Å². The van der Waals surface area contributed by atoms with Crippen molar-refractivity contribution in [3.63, 3.8) is 0 Å². The first-order valence-corrected chi connectivity index (χ1v) is 17.0. The number of aromatic nitrogens is 4. The molecule has 5 aromatic rings. The third kappa shape index (κ3) is 9.74. The van der Waals surface area contributed by atoms with Gasteiger partial charge in [-0.2, -0.15) is 4.37 Å². The number of benzene rings is 2. The van der Waals surface area contributed by atoms with E-state index in [2.05, 4.69) is 41.5 Å². The zero-order valence-corrected chi connectivity index (χ0v) is 29.2. The second-order valence-corrected chi connectivity index (χ2v) is 12.9. The number of hydrogen-bond acceptors (Lipinski definition) is 10. The lowest BCUT2D eigenvalue weighted by molar-refractivity contribution is -0.122. The molecule has 0 saturated heterocycles. The summed E-state index contributed by atoms with van der Waals surface area (Å²) < 4.78 is 18.6. The minimum Gasteiger partial charge on any atom is -0.351 e. The predicted molar refractivity (Wildman–Crippen MR) is 195 cm³/mol. The molecule has 0 spiro atoms. The van der Waals surface area contributed by atoms with Gasteiger partial charge in [-0.1, -0.05) is 35.9 Å². The van der Waals surface area contributed by atoms with E-state index in [-0.39, 0.29) is 60.9 Å². The van der Waals surface area contributed by atoms with E-state index in [0.717, 1.165) is 4.70 Å². The van der Waals surface area contributed by atoms with E-state index in [1.807, 2.05) is 18.2 Å². The molecular weight excluding hydrogens is 711 g/mol. The van der Waals surface area contributed by atoms with Crippen molar-refractivity contribution < 1.29 is 23.6 Å². The molecule has 8 N–H and O–H groups in total. The number of nitrogens with two attached hydrogens (primary N) is 2. The van der Waals surface area contributed by atoms with Crippen LogP contribution in [0.5, 0.6) is 0 Å². The van der Waals surface area contributed by atoms with Crippen LogP contribution in [-0.2, 0) is 24.4 Å². The van der Waals surface area contributed by atoms with Gasteiger partial charge in [0.1, 0.15) is 23.7 Å². The van der Waals surface area contributed by atoms with Gasteiger partial charge in [-0.05, 0) is 66.3 Å². The Morgan fingerprint density at radius 3 is 2.52 bits per heavy atom. The van der Waals surface area contributed by atoms with E-state index in [0.29, 0.717) is 40.9 Å². The Morgan fingerprint density at radius 2 is 1.81 bits per heavy atom. The molecule has 0 radical (unpaired) electrons. The van der Waals surface area contributed by atoms with Crippen LogP contribution in [0.2, 0.25) is 5.02 Å². The highest BCUT2D eigenvalue weighted by molar-refractivity contribution is 7.13. The number of anilines is 1.